The fraction of sp³-hybridized carbons (Fsp3) is 0.909. The number of guanidine groups is 1. The van der Waals surface area contributed by atoms with Gasteiger partial charge in [-0.1, -0.05) is 13.8 Å². The average molecular weight is 213 g/mol. The van der Waals surface area contributed by atoms with Crippen LogP contribution in [0.4, 0.5) is 0 Å². The van der Waals surface area contributed by atoms with Crippen LogP contribution in [0.5, 0.6) is 0 Å². The van der Waals surface area contributed by atoms with Crippen LogP contribution in [-0.4, -0.2) is 32.3 Å². The van der Waals surface area contributed by atoms with Gasteiger partial charge in [-0.25, -0.2) is 0 Å². The largest absolute Gasteiger partial charge is 0.379 e. The van der Waals surface area contributed by atoms with Crippen molar-refractivity contribution in [1.29, 1.82) is 0 Å². The standard InChI is InChI=1S/C11H23N3O/c1-9(2)7-14-11(12)13-5-6-15-8-10-3-4-10/h9-10H,3-8H2,1-2H3,(H3,12,13,14). The van der Waals surface area contributed by atoms with Crippen LogP contribution in [0.3, 0.4) is 0 Å². The number of nitrogens with one attached hydrogen (secondary N) is 1. The molecule has 0 heterocycles. The summed E-state index contributed by atoms with van der Waals surface area (Å²) < 4.78 is 5.46. The molecular formula is C11H23N3O. The molecular weight excluding hydrogens is 190 g/mol. The van der Waals surface area contributed by atoms with Gasteiger partial charge in [0.2, 0.25) is 0 Å². The topological polar surface area (TPSA) is 59.6 Å². The Kier molecular flexibility index (Phi) is 5.47. The van der Waals surface area contributed by atoms with Gasteiger partial charge in [-0.05, 0) is 24.7 Å². The van der Waals surface area contributed by atoms with Gasteiger partial charge >= 0.3 is 0 Å². The first-order chi connectivity index (χ1) is 7.18. The predicted molar refractivity (Wildman–Crippen MR) is 62.9 cm³/mol. The third-order valence-corrected chi connectivity index (χ3v) is 2.23. The summed E-state index contributed by atoms with van der Waals surface area (Å²) in [5.41, 5.74) is 5.66. The molecule has 15 heavy (non-hydrogen) atoms. The van der Waals surface area contributed by atoms with E-state index in [2.05, 4.69) is 24.2 Å². The number of aliphatic imine (C=N–C) groups is 1. The van der Waals surface area contributed by atoms with Gasteiger partial charge in [-0.15, -0.1) is 0 Å². The van der Waals surface area contributed by atoms with Gasteiger partial charge in [0.25, 0.3) is 0 Å². The van der Waals surface area contributed by atoms with Crippen molar-refractivity contribution in [3.8, 4) is 0 Å². The fourth-order valence-corrected chi connectivity index (χ4v) is 1.12. The molecule has 88 valence electrons. The first-order valence-electron chi connectivity index (χ1n) is 5.80. The predicted octanol–water partition coefficient (Wildman–Crippen LogP) is 0.973. The van der Waals surface area contributed by atoms with E-state index in [1.807, 2.05) is 0 Å². The molecule has 0 radical (unpaired) electrons. The zero-order valence-electron chi connectivity index (χ0n) is 9.83. The minimum absolute atomic E-state index is 0.527. The van der Waals surface area contributed by atoms with E-state index >= 15 is 0 Å². The van der Waals surface area contributed by atoms with E-state index in [0.29, 0.717) is 18.5 Å². The lowest BCUT2D eigenvalue weighted by Gasteiger charge is -2.07. The van der Waals surface area contributed by atoms with E-state index in [0.717, 1.165) is 25.6 Å². The monoisotopic (exact) mass is 213 g/mol. The highest BCUT2D eigenvalue weighted by atomic mass is 16.5. The van der Waals surface area contributed by atoms with Gasteiger partial charge in [0.15, 0.2) is 5.96 Å². The highest BCUT2D eigenvalue weighted by Gasteiger charge is 2.20. The number of hydrogen-bond acceptors (Lipinski definition) is 2. The maximum absolute atomic E-state index is 5.66. The van der Waals surface area contributed by atoms with Crippen molar-refractivity contribution in [2.75, 3.05) is 26.3 Å². The molecule has 0 spiro atoms. The summed E-state index contributed by atoms with van der Waals surface area (Å²) >= 11 is 0. The van der Waals surface area contributed by atoms with Gasteiger partial charge in [-0.3, -0.25) is 4.99 Å². The smallest absolute Gasteiger partial charge is 0.188 e. The first kappa shape index (κ1) is 12.3. The molecule has 1 aliphatic carbocycles. The molecule has 1 rings (SSSR count). The first-order valence-corrected chi connectivity index (χ1v) is 5.80. The van der Waals surface area contributed by atoms with E-state index < -0.39 is 0 Å². The molecule has 0 bridgehead atoms. The molecule has 4 nitrogen and oxygen atoms in total. The highest BCUT2D eigenvalue weighted by Crippen LogP contribution is 2.28. The van der Waals surface area contributed by atoms with E-state index in [4.69, 9.17) is 10.5 Å². The van der Waals surface area contributed by atoms with Crippen LogP contribution in [0.2, 0.25) is 0 Å². The van der Waals surface area contributed by atoms with Crippen molar-refractivity contribution >= 4 is 5.96 Å². The molecule has 0 aliphatic heterocycles. The molecule has 0 unspecified atom stereocenters. The van der Waals surface area contributed by atoms with Crippen molar-refractivity contribution in [1.82, 2.24) is 5.32 Å². The summed E-state index contributed by atoms with van der Waals surface area (Å²) in [5, 5.41) is 3.03. The summed E-state index contributed by atoms with van der Waals surface area (Å²) in [5.74, 6) is 1.91. The van der Waals surface area contributed by atoms with Crippen molar-refractivity contribution in [2.45, 2.75) is 26.7 Å². The van der Waals surface area contributed by atoms with Crippen LogP contribution in [0.1, 0.15) is 26.7 Å². The van der Waals surface area contributed by atoms with E-state index in [9.17, 15) is 0 Å². The summed E-state index contributed by atoms with van der Waals surface area (Å²) in [4.78, 5) is 4.20. The second kappa shape index (κ2) is 6.67. The Morgan fingerprint density at radius 1 is 1.53 bits per heavy atom. The molecule has 0 aromatic rings. The van der Waals surface area contributed by atoms with Crippen LogP contribution < -0.4 is 11.1 Å². The lowest BCUT2D eigenvalue weighted by atomic mass is 10.2. The Labute approximate surface area is 92.3 Å². The van der Waals surface area contributed by atoms with Gasteiger partial charge in [0.05, 0.1) is 6.61 Å². The van der Waals surface area contributed by atoms with Crippen molar-refractivity contribution < 1.29 is 4.74 Å². The second-order valence-electron chi connectivity index (χ2n) is 4.56. The Bertz CT molecular complexity index is 200. The lowest BCUT2D eigenvalue weighted by molar-refractivity contribution is 0.129. The Morgan fingerprint density at radius 3 is 2.87 bits per heavy atom. The third kappa shape index (κ3) is 7.19. The molecule has 1 fully saturated rings. The van der Waals surface area contributed by atoms with E-state index in [1.54, 1.807) is 0 Å². The number of nitrogens with zero attached hydrogens (tertiary/aromatic N) is 1. The molecule has 0 saturated heterocycles. The Hall–Kier alpha value is -0.770. The molecule has 1 saturated carbocycles. The van der Waals surface area contributed by atoms with Gasteiger partial charge in [-0.2, -0.15) is 0 Å². The van der Waals surface area contributed by atoms with E-state index in [1.165, 1.54) is 12.8 Å². The third-order valence-electron chi connectivity index (χ3n) is 2.23. The summed E-state index contributed by atoms with van der Waals surface area (Å²) in [6, 6.07) is 0. The number of rotatable bonds is 7. The molecule has 0 amide bonds. The average Bonchev–Trinajstić information content (AvgIpc) is 2.98. The Balaban J connectivity index is 1.90. The SMILES string of the molecule is CC(C)CN=C(N)NCCOCC1CC1. The molecule has 0 atom stereocenters. The summed E-state index contributed by atoms with van der Waals surface area (Å²) in [7, 11) is 0. The van der Waals surface area contributed by atoms with Crippen LogP contribution in [-0.2, 0) is 4.74 Å². The zero-order chi connectivity index (χ0) is 11.1. The highest BCUT2D eigenvalue weighted by molar-refractivity contribution is 5.77. The van der Waals surface area contributed by atoms with Crippen LogP contribution >= 0.6 is 0 Å². The van der Waals surface area contributed by atoms with Gasteiger partial charge < -0.3 is 15.8 Å². The van der Waals surface area contributed by atoms with Crippen LogP contribution in [0, 0.1) is 11.8 Å². The maximum atomic E-state index is 5.66. The lowest BCUT2D eigenvalue weighted by Crippen LogP contribution is -2.34. The maximum Gasteiger partial charge on any atom is 0.188 e. The second-order valence-corrected chi connectivity index (χ2v) is 4.56. The minimum atomic E-state index is 0.527. The fourth-order valence-electron chi connectivity index (χ4n) is 1.12. The molecule has 3 N–H and O–H groups in total. The normalized spacial score (nSPS) is 17.1. The number of ether oxygens (including phenoxy) is 1. The summed E-state index contributed by atoms with van der Waals surface area (Å²) in [6.45, 7) is 7.39. The zero-order valence-corrected chi connectivity index (χ0v) is 9.83. The molecule has 0 aromatic carbocycles. The minimum Gasteiger partial charge on any atom is -0.379 e. The van der Waals surface area contributed by atoms with Gasteiger partial charge in [0.1, 0.15) is 0 Å². The quantitative estimate of drug-likeness (QED) is 0.376. The Morgan fingerprint density at radius 2 is 2.27 bits per heavy atom. The van der Waals surface area contributed by atoms with Gasteiger partial charge in [0, 0.05) is 19.7 Å². The van der Waals surface area contributed by atoms with E-state index in [-0.39, 0.29) is 0 Å². The number of hydrogen-bond donors (Lipinski definition) is 2. The number of nitrogens with two attached hydrogens (primary N) is 1. The van der Waals surface area contributed by atoms with Crippen LogP contribution in [0.25, 0.3) is 0 Å². The molecule has 0 aromatic heterocycles. The van der Waals surface area contributed by atoms with Crippen molar-refractivity contribution in [3.63, 3.8) is 0 Å². The molecule has 4 heteroatoms. The molecule has 1 aliphatic rings. The van der Waals surface area contributed by atoms with Crippen molar-refractivity contribution in [2.24, 2.45) is 22.6 Å². The summed E-state index contributed by atoms with van der Waals surface area (Å²) in [6.07, 6.45) is 2.68. The van der Waals surface area contributed by atoms with Crippen LogP contribution in [0.15, 0.2) is 4.99 Å². The van der Waals surface area contributed by atoms with Crippen molar-refractivity contribution in [3.05, 3.63) is 0 Å².